The maximum Gasteiger partial charge on any atom is 0.308 e. The highest BCUT2D eigenvalue weighted by atomic mass is 16.5. The molecule has 2 aliphatic rings. The summed E-state index contributed by atoms with van der Waals surface area (Å²) in [6.07, 6.45) is 3.48. The highest BCUT2D eigenvalue weighted by Gasteiger charge is 2.38. The van der Waals surface area contributed by atoms with Crippen molar-refractivity contribution in [3.8, 4) is 0 Å². The molecule has 0 bridgehead atoms. The Labute approximate surface area is 159 Å². The fourth-order valence-corrected chi connectivity index (χ4v) is 4.14. The summed E-state index contributed by atoms with van der Waals surface area (Å²) in [6.45, 7) is 5.46. The molecule has 2 aliphatic heterocycles. The Morgan fingerprint density at radius 1 is 1.15 bits per heavy atom. The fourth-order valence-electron chi connectivity index (χ4n) is 4.14. The van der Waals surface area contributed by atoms with Crippen LogP contribution in [0.2, 0.25) is 0 Å². The van der Waals surface area contributed by atoms with Crippen LogP contribution >= 0.6 is 0 Å². The normalized spacial score (nSPS) is 23.5. The van der Waals surface area contributed by atoms with Gasteiger partial charge in [0.15, 0.2) is 0 Å². The molecule has 0 amide bonds. The average Bonchev–Trinajstić information content (AvgIpc) is 3.14. The molecule has 1 N–H and O–H groups in total. The van der Waals surface area contributed by atoms with Crippen LogP contribution in [-0.4, -0.2) is 60.4 Å². The van der Waals surface area contributed by atoms with Crippen molar-refractivity contribution >= 4 is 11.7 Å². The van der Waals surface area contributed by atoms with E-state index < -0.39 is 5.97 Å². The molecule has 142 valence electrons. The van der Waals surface area contributed by atoms with Crippen LogP contribution in [0.1, 0.15) is 17.0 Å². The van der Waals surface area contributed by atoms with Gasteiger partial charge < -0.3 is 14.7 Å². The number of anilines is 1. The predicted molar refractivity (Wildman–Crippen MR) is 103 cm³/mol. The number of ether oxygens (including phenoxy) is 1. The summed E-state index contributed by atoms with van der Waals surface area (Å²) >= 11 is 0. The van der Waals surface area contributed by atoms with Crippen molar-refractivity contribution in [1.29, 1.82) is 0 Å². The number of hydrogen-bond acceptors (Lipinski definition) is 5. The summed E-state index contributed by atoms with van der Waals surface area (Å²) in [7, 11) is 0. The van der Waals surface area contributed by atoms with Gasteiger partial charge >= 0.3 is 5.97 Å². The molecule has 2 atom stereocenters. The summed E-state index contributed by atoms with van der Waals surface area (Å²) in [4.78, 5) is 20.4. The second kappa shape index (κ2) is 8.06. The van der Waals surface area contributed by atoms with E-state index in [2.05, 4.69) is 39.0 Å². The molecule has 0 aliphatic carbocycles. The number of aliphatic carboxylic acids is 1. The molecule has 0 spiro atoms. The van der Waals surface area contributed by atoms with E-state index in [0.717, 1.165) is 45.0 Å². The number of nitrogens with zero attached hydrogens (tertiary/aromatic N) is 3. The lowest BCUT2D eigenvalue weighted by molar-refractivity contribution is -0.141. The highest BCUT2D eigenvalue weighted by Crippen LogP contribution is 2.33. The lowest BCUT2D eigenvalue weighted by Crippen LogP contribution is -2.36. The molecular formula is C21H25N3O3. The Balaban J connectivity index is 1.47. The van der Waals surface area contributed by atoms with Crippen molar-refractivity contribution in [1.82, 2.24) is 9.88 Å². The molecule has 27 heavy (non-hydrogen) atoms. The maximum absolute atomic E-state index is 11.8. The molecule has 0 unspecified atom stereocenters. The van der Waals surface area contributed by atoms with Crippen LogP contribution in [0.15, 0.2) is 48.8 Å². The fraction of sp³-hybridized carbons (Fsp3) is 0.429. The maximum atomic E-state index is 11.8. The van der Waals surface area contributed by atoms with Gasteiger partial charge in [0.1, 0.15) is 0 Å². The van der Waals surface area contributed by atoms with Crippen LogP contribution in [0.3, 0.4) is 0 Å². The van der Waals surface area contributed by atoms with Gasteiger partial charge in [-0.05, 0) is 35.4 Å². The molecule has 0 saturated carbocycles. The van der Waals surface area contributed by atoms with Gasteiger partial charge in [0, 0.05) is 56.7 Å². The standard InChI is InChI=1S/C21H25N3O3/c25-21(26)20-15-23(14-19(20)17-4-6-22-7-5-17)13-16-2-1-3-18(12-16)24-8-10-27-11-9-24/h1-7,12,19-20H,8-11,13-15H2,(H,25,26)/t19-,20+/m0/s1. The first-order chi connectivity index (χ1) is 13.2. The summed E-state index contributed by atoms with van der Waals surface area (Å²) in [5, 5.41) is 9.68. The second-order valence-corrected chi connectivity index (χ2v) is 7.30. The quantitative estimate of drug-likeness (QED) is 0.874. The lowest BCUT2D eigenvalue weighted by atomic mass is 9.90. The van der Waals surface area contributed by atoms with E-state index in [1.807, 2.05) is 12.1 Å². The monoisotopic (exact) mass is 367 g/mol. The molecule has 1 aromatic carbocycles. The first-order valence-electron chi connectivity index (χ1n) is 9.47. The molecule has 6 heteroatoms. The molecule has 0 radical (unpaired) electrons. The van der Waals surface area contributed by atoms with Gasteiger partial charge in [-0.2, -0.15) is 0 Å². The number of rotatable bonds is 5. The number of aromatic nitrogens is 1. The summed E-state index contributed by atoms with van der Waals surface area (Å²) < 4.78 is 5.44. The van der Waals surface area contributed by atoms with Gasteiger partial charge in [-0.25, -0.2) is 0 Å². The smallest absolute Gasteiger partial charge is 0.308 e. The number of hydrogen-bond donors (Lipinski definition) is 1. The van der Waals surface area contributed by atoms with Gasteiger partial charge in [0.05, 0.1) is 19.1 Å². The highest BCUT2D eigenvalue weighted by molar-refractivity contribution is 5.72. The first kappa shape index (κ1) is 17.9. The zero-order chi connectivity index (χ0) is 18.6. The third-order valence-corrected chi connectivity index (χ3v) is 5.54. The molecule has 2 saturated heterocycles. The van der Waals surface area contributed by atoms with Crippen LogP contribution in [0.25, 0.3) is 0 Å². The van der Waals surface area contributed by atoms with Crippen molar-refractivity contribution < 1.29 is 14.6 Å². The molecule has 2 aromatic rings. The number of carbonyl (C=O) groups is 1. The first-order valence-corrected chi connectivity index (χ1v) is 9.47. The molecule has 2 fully saturated rings. The largest absolute Gasteiger partial charge is 0.481 e. The van der Waals surface area contributed by atoms with E-state index in [0.29, 0.717) is 6.54 Å². The van der Waals surface area contributed by atoms with Crippen LogP contribution in [-0.2, 0) is 16.1 Å². The zero-order valence-electron chi connectivity index (χ0n) is 15.3. The van der Waals surface area contributed by atoms with Crippen molar-refractivity contribution in [2.45, 2.75) is 12.5 Å². The van der Waals surface area contributed by atoms with Crippen molar-refractivity contribution in [2.24, 2.45) is 5.92 Å². The van der Waals surface area contributed by atoms with Crippen LogP contribution in [0, 0.1) is 5.92 Å². The summed E-state index contributed by atoms with van der Waals surface area (Å²) in [6, 6.07) is 12.4. The van der Waals surface area contributed by atoms with E-state index in [9.17, 15) is 9.90 Å². The van der Waals surface area contributed by atoms with Gasteiger partial charge in [-0.1, -0.05) is 12.1 Å². The molecule has 6 nitrogen and oxygen atoms in total. The number of likely N-dealkylation sites (tertiary alicyclic amines) is 1. The second-order valence-electron chi connectivity index (χ2n) is 7.30. The minimum Gasteiger partial charge on any atom is -0.481 e. The Kier molecular flexibility index (Phi) is 5.36. The summed E-state index contributed by atoms with van der Waals surface area (Å²) in [5.74, 6) is -1.09. The van der Waals surface area contributed by atoms with Gasteiger partial charge in [0.2, 0.25) is 0 Å². The van der Waals surface area contributed by atoms with Crippen LogP contribution in [0.4, 0.5) is 5.69 Å². The lowest BCUT2D eigenvalue weighted by Gasteiger charge is -2.29. The number of pyridine rings is 1. The molecule has 4 rings (SSSR count). The van der Waals surface area contributed by atoms with Crippen LogP contribution < -0.4 is 4.90 Å². The van der Waals surface area contributed by atoms with Crippen molar-refractivity contribution in [2.75, 3.05) is 44.3 Å². The summed E-state index contributed by atoms with van der Waals surface area (Å²) in [5.41, 5.74) is 3.50. The number of carboxylic acid groups (broad SMARTS) is 1. The minimum absolute atomic E-state index is 0.00734. The van der Waals surface area contributed by atoms with Crippen LogP contribution in [0.5, 0.6) is 0 Å². The van der Waals surface area contributed by atoms with Gasteiger partial charge in [-0.3, -0.25) is 14.7 Å². The average molecular weight is 367 g/mol. The molecular weight excluding hydrogens is 342 g/mol. The minimum atomic E-state index is -0.721. The van der Waals surface area contributed by atoms with E-state index in [-0.39, 0.29) is 11.8 Å². The Bertz CT molecular complexity index is 777. The Hall–Kier alpha value is -2.44. The van der Waals surface area contributed by atoms with Crippen molar-refractivity contribution in [3.63, 3.8) is 0 Å². The third-order valence-electron chi connectivity index (χ3n) is 5.54. The van der Waals surface area contributed by atoms with E-state index in [4.69, 9.17) is 4.74 Å². The van der Waals surface area contributed by atoms with E-state index >= 15 is 0 Å². The molecule has 1 aromatic heterocycles. The Morgan fingerprint density at radius 3 is 2.67 bits per heavy atom. The van der Waals surface area contributed by atoms with E-state index in [1.165, 1.54) is 11.3 Å². The number of morpholine rings is 1. The SMILES string of the molecule is O=C(O)[C@@H]1CN(Cc2cccc(N3CCOCC3)c2)C[C@H]1c1ccncc1. The number of carboxylic acids is 1. The van der Waals surface area contributed by atoms with Gasteiger partial charge in [-0.15, -0.1) is 0 Å². The third kappa shape index (κ3) is 4.12. The zero-order valence-corrected chi connectivity index (χ0v) is 15.3. The molecule has 3 heterocycles. The number of benzene rings is 1. The van der Waals surface area contributed by atoms with Gasteiger partial charge in [0.25, 0.3) is 0 Å². The predicted octanol–water partition coefficient (Wildman–Crippen LogP) is 2.22. The van der Waals surface area contributed by atoms with Crippen molar-refractivity contribution in [3.05, 3.63) is 59.9 Å². The van der Waals surface area contributed by atoms with E-state index in [1.54, 1.807) is 12.4 Å². The Morgan fingerprint density at radius 2 is 1.93 bits per heavy atom. The topological polar surface area (TPSA) is 65.9 Å².